The molecule has 8 nitrogen and oxygen atoms in total. The molecule has 2 aliphatic rings. The first-order valence-corrected chi connectivity index (χ1v) is 15.3. The number of β-amino-alcohol motifs (C(OH)–C–C–N with tert-alkyl or cyclic N) is 1. The normalized spacial score (nSPS) is 19.7. The van der Waals surface area contributed by atoms with Gasteiger partial charge in [-0.3, -0.25) is 24.4 Å². The van der Waals surface area contributed by atoms with Crippen LogP contribution in [0.3, 0.4) is 0 Å². The summed E-state index contributed by atoms with van der Waals surface area (Å²) in [6.07, 6.45) is 20.2. The van der Waals surface area contributed by atoms with E-state index in [1.54, 1.807) is 19.3 Å². The smallest absolute Gasteiger partial charge is 0.207 e. The highest BCUT2D eigenvalue weighted by atomic mass is 16.3. The molecule has 0 aromatic heterocycles. The predicted octanol–water partition coefficient (Wildman–Crippen LogP) is 4.67. The average molecular weight is 574 g/mol. The molecule has 8 heteroatoms. The van der Waals surface area contributed by atoms with Crippen molar-refractivity contribution in [2.45, 2.75) is 105 Å². The second kappa shape index (κ2) is 23.2. The molecule has 1 saturated heterocycles. The lowest BCUT2D eigenvalue weighted by Crippen LogP contribution is -2.54. The zero-order chi connectivity index (χ0) is 31.1. The van der Waals surface area contributed by atoms with Gasteiger partial charge in [0.1, 0.15) is 5.78 Å². The summed E-state index contributed by atoms with van der Waals surface area (Å²) in [5, 5.41) is 16.8. The quantitative estimate of drug-likeness (QED) is 0.159. The first-order chi connectivity index (χ1) is 19.5. The summed E-state index contributed by atoms with van der Waals surface area (Å²) in [5.41, 5.74) is 1.33. The Morgan fingerprint density at radius 1 is 1.24 bits per heavy atom. The number of aliphatic hydroxyl groups is 1. The summed E-state index contributed by atoms with van der Waals surface area (Å²) in [4.78, 5) is 30.1. The number of Topliss-reactive ketones (excluding diaryl/α,β-unsaturated/α-hetero) is 1. The highest BCUT2D eigenvalue weighted by Gasteiger charge is 2.26. The molecule has 0 saturated carbocycles. The van der Waals surface area contributed by atoms with Crippen molar-refractivity contribution in [2.24, 2.45) is 4.99 Å². The van der Waals surface area contributed by atoms with Crippen LogP contribution in [0.4, 0.5) is 0 Å². The Morgan fingerprint density at radius 2 is 1.98 bits per heavy atom. The van der Waals surface area contributed by atoms with Gasteiger partial charge in [-0.2, -0.15) is 0 Å². The van der Waals surface area contributed by atoms with Crippen LogP contribution in [0.25, 0.3) is 0 Å². The van der Waals surface area contributed by atoms with Gasteiger partial charge in [0.25, 0.3) is 0 Å². The fourth-order valence-electron chi connectivity index (χ4n) is 4.50. The van der Waals surface area contributed by atoms with Crippen LogP contribution in [-0.2, 0) is 9.59 Å². The van der Waals surface area contributed by atoms with Gasteiger partial charge in [0.15, 0.2) is 0 Å². The number of piperazine rings is 1. The molecule has 2 unspecified atom stereocenters. The number of carbonyl (C=O) groups excluding carboxylic acids is 2. The van der Waals surface area contributed by atoms with Gasteiger partial charge < -0.3 is 15.7 Å². The number of hydrogen-bond donors (Lipinski definition) is 3. The molecule has 1 heterocycles. The summed E-state index contributed by atoms with van der Waals surface area (Å²) < 4.78 is 0. The van der Waals surface area contributed by atoms with Crippen molar-refractivity contribution >= 4 is 18.4 Å². The van der Waals surface area contributed by atoms with Crippen molar-refractivity contribution < 1.29 is 14.7 Å². The summed E-state index contributed by atoms with van der Waals surface area (Å²) in [7, 11) is 0. The average Bonchev–Trinajstić information content (AvgIpc) is 2.92. The van der Waals surface area contributed by atoms with Gasteiger partial charge in [0, 0.05) is 62.8 Å². The molecule has 3 N–H and O–H groups in total. The maximum absolute atomic E-state index is 11.5. The second-order valence-electron chi connectivity index (χ2n) is 11.5. The number of amides is 1. The largest absolute Gasteiger partial charge is 0.392 e. The van der Waals surface area contributed by atoms with E-state index in [2.05, 4.69) is 56.7 Å². The van der Waals surface area contributed by atoms with Crippen LogP contribution in [0.2, 0.25) is 0 Å². The van der Waals surface area contributed by atoms with Crippen molar-refractivity contribution in [1.29, 1.82) is 0 Å². The van der Waals surface area contributed by atoms with E-state index in [1.165, 1.54) is 5.57 Å². The number of aliphatic hydroxyl groups excluding tert-OH is 1. The van der Waals surface area contributed by atoms with Gasteiger partial charge in [0.2, 0.25) is 6.41 Å². The lowest BCUT2D eigenvalue weighted by Gasteiger charge is -2.40. The fourth-order valence-corrected chi connectivity index (χ4v) is 4.50. The number of hydrogen-bond acceptors (Lipinski definition) is 7. The molecule has 1 aliphatic heterocycles. The van der Waals surface area contributed by atoms with Crippen LogP contribution in [0, 0.1) is 0 Å². The Balaban J connectivity index is 0.00000155. The molecule has 41 heavy (non-hydrogen) atoms. The van der Waals surface area contributed by atoms with Crippen LogP contribution in [0.5, 0.6) is 0 Å². The second-order valence-corrected chi connectivity index (χ2v) is 11.5. The zero-order valence-electron chi connectivity index (χ0n) is 27.1. The van der Waals surface area contributed by atoms with Crippen molar-refractivity contribution in [1.82, 2.24) is 20.4 Å². The molecule has 3 atom stereocenters. The van der Waals surface area contributed by atoms with Crippen LogP contribution < -0.4 is 10.6 Å². The molecule has 234 valence electrons. The topological polar surface area (TPSA) is 97.3 Å². The van der Waals surface area contributed by atoms with Gasteiger partial charge in [0.05, 0.1) is 12.6 Å². The summed E-state index contributed by atoms with van der Waals surface area (Å²) in [5.74, 6) is 0.134. The van der Waals surface area contributed by atoms with Gasteiger partial charge in [-0.05, 0) is 73.3 Å². The Morgan fingerprint density at radius 3 is 2.51 bits per heavy atom. The minimum absolute atomic E-state index is 0.0677. The van der Waals surface area contributed by atoms with Crippen LogP contribution in [0.1, 0.15) is 81.1 Å². The Kier molecular flexibility index (Phi) is 21.9. The van der Waals surface area contributed by atoms with E-state index in [1.807, 2.05) is 53.7 Å². The Hall–Kier alpha value is -2.39. The lowest BCUT2D eigenvalue weighted by atomic mass is 9.94. The number of nitrogens with zero attached hydrogens (tertiary/aromatic N) is 3. The predicted molar refractivity (Wildman–Crippen MR) is 174 cm³/mol. The van der Waals surface area contributed by atoms with E-state index in [-0.39, 0.29) is 17.4 Å². The number of allylic oxidation sites excluding steroid dienone is 5. The van der Waals surface area contributed by atoms with E-state index in [0.29, 0.717) is 32.0 Å². The monoisotopic (exact) mass is 573 g/mol. The minimum atomic E-state index is -0.405. The van der Waals surface area contributed by atoms with Crippen LogP contribution in [-0.4, -0.2) is 96.3 Å². The zero-order valence-corrected chi connectivity index (χ0v) is 27.1. The summed E-state index contributed by atoms with van der Waals surface area (Å²) in [6.45, 7) is 20.5. The SMILES string of the molecule is CC.CC(C)(C)NC=O.CC=N/C=C\C=C\CN1CCN(CC(O)CC(CC2=CC=CCC2)NCC(C)=O)[C@H](C)C1. The van der Waals surface area contributed by atoms with Crippen molar-refractivity contribution in [3.8, 4) is 0 Å². The van der Waals surface area contributed by atoms with Crippen molar-refractivity contribution in [3.63, 3.8) is 0 Å². The molecular weight excluding hydrogens is 514 g/mol. The Bertz CT molecular complexity index is 857. The van der Waals surface area contributed by atoms with E-state index in [0.717, 1.165) is 45.4 Å². The number of carbonyl (C=O) groups is 2. The Labute approximate surface area is 250 Å². The van der Waals surface area contributed by atoms with E-state index < -0.39 is 6.10 Å². The minimum Gasteiger partial charge on any atom is -0.392 e. The highest BCUT2D eigenvalue weighted by molar-refractivity contribution is 5.77. The van der Waals surface area contributed by atoms with Gasteiger partial charge >= 0.3 is 0 Å². The van der Waals surface area contributed by atoms with E-state index in [4.69, 9.17) is 0 Å². The summed E-state index contributed by atoms with van der Waals surface area (Å²) >= 11 is 0. The molecule has 2 rings (SSSR count). The molecule has 1 fully saturated rings. The lowest BCUT2D eigenvalue weighted by molar-refractivity contribution is -0.116. The maximum atomic E-state index is 11.5. The van der Waals surface area contributed by atoms with Crippen molar-refractivity contribution in [2.75, 3.05) is 39.3 Å². The first kappa shape index (κ1) is 38.6. The molecule has 0 aromatic carbocycles. The number of rotatable bonds is 14. The molecule has 0 spiro atoms. The van der Waals surface area contributed by atoms with Crippen LogP contribution in [0.15, 0.2) is 53.2 Å². The van der Waals surface area contributed by atoms with Gasteiger partial charge in [-0.25, -0.2) is 0 Å². The van der Waals surface area contributed by atoms with E-state index in [9.17, 15) is 14.7 Å². The number of nitrogens with one attached hydrogen (secondary N) is 2. The summed E-state index contributed by atoms with van der Waals surface area (Å²) in [6, 6.07) is 0.528. The standard InChI is InChI=1S/C26H42N4O2.C5H11NO.C2H6/c1-4-27-13-9-6-10-14-29-15-16-30(22(2)20-29)21-26(32)18-25(28-19-23(3)31)17-24-11-7-5-8-12-24;1-5(2,3)6-4-7;1-2/h4-7,9-11,13,22,25-26,28,32H,8,12,14-21H2,1-3H3;4H,1-3H3,(H,6,7);1-2H3/b10-6+,13-9-,27-4?;;/t22-,25?,26?;;/m1../s1. The third-order valence-corrected chi connectivity index (χ3v) is 6.52. The number of aliphatic imine (C=N–C) groups is 1. The van der Waals surface area contributed by atoms with Crippen LogP contribution >= 0.6 is 0 Å². The molecule has 0 radical (unpaired) electrons. The molecule has 1 amide bonds. The third kappa shape index (κ3) is 21.0. The highest BCUT2D eigenvalue weighted by Crippen LogP contribution is 2.20. The first-order valence-electron chi connectivity index (χ1n) is 15.3. The van der Waals surface area contributed by atoms with Crippen molar-refractivity contribution in [3.05, 3.63) is 48.2 Å². The molecule has 0 bridgehead atoms. The number of ketones is 1. The maximum Gasteiger partial charge on any atom is 0.207 e. The molecule has 1 aliphatic carbocycles. The molecular formula is C33H59N5O3. The van der Waals surface area contributed by atoms with Gasteiger partial charge in [-0.15, -0.1) is 0 Å². The van der Waals surface area contributed by atoms with E-state index >= 15 is 0 Å². The third-order valence-electron chi connectivity index (χ3n) is 6.52. The fraction of sp³-hybridized carbons (Fsp3) is 0.667. The molecule has 0 aromatic rings. The van der Waals surface area contributed by atoms with Gasteiger partial charge in [-0.1, -0.05) is 49.8 Å².